The lowest BCUT2D eigenvalue weighted by molar-refractivity contribution is -0.145. The summed E-state index contributed by atoms with van der Waals surface area (Å²) in [5.41, 5.74) is 21.9. The van der Waals surface area contributed by atoms with E-state index in [4.69, 9.17) is 28.0 Å². The number of aliphatic hydroxyl groups is 1. The maximum absolute atomic E-state index is 12.7. The van der Waals surface area contributed by atoms with Gasteiger partial charge in [-0.3, -0.25) is 19.4 Å². The number of aliphatic carboxylic acids is 1. The van der Waals surface area contributed by atoms with Crippen LogP contribution in [0.1, 0.15) is 46.0 Å². The van der Waals surface area contributed by atoms with Gasteiger partial charge < -0.3 is 49.1 Å². The number of carbonyl (C=O) groups is 4. The zero-order chi connectivity index (χ0) is 25.6. The summed E-state index contributed by atoms with van der Waals surface area (Å²) in [6.45, 7) is 3.24. The van der Waals surface area contributed by atoms with Crippen LogP contribution in [0, 0.1) is 0 Å². The van der Waals surface area contributed by atoms with Crippen molar-refractivity contribution in [1.29, 1.82) is 0 Å². The van der Waals surface area contributed by atoms with Crippen LogP contribution >= 0.6 is 0 Å². The highest BCUT2D eigenvalue weighted by molar-refractivity contribution is 5.93. The molecule has 13 N–H and O–H groups in total. The quantitative estimate of drug-likeness (QED) is 0.0603. The van der Waals surface area contributed by atoms with Gasteiger partial charge in [-0.2, -0.15) is 0 Å². The molecule has 0 spiro atoms. The lowest BCUT2D eigenvalue weighted by Gasteiger charge is -2.24. The van der Waals surface area contributed by atoms with Gasteiger partial charge in [-0.05, 0) is 46.1 Å². The number of unbranched alkanes of at least 4 members (excludes halogenated alkanes) is 1. The van der Waals surface area contributed by atoms with Gasteiger partial charge in [0, 0.05) is 6.54 Å². The molecule has 33 heavy (non-hydrogen) atoms. The molecule has 0 aliphatic rings. The van der Waals surface area contributed by atoms with Crippen LogP contribution in [0.2, 0.25) is 0 Å². The molecular weight excluding hydrogens is 436 g/mol. The Bertz CT molecular complexity index is 683. The van der Waals surface area contributed by atoms with Crippen molar-refractivity contribution in [1.82, 2.24) is 16.0 Å². The second kappa shape index (κ2) is 15.8. The minimum absolute atomic E-state index is 0.113. The van der Waals surface area contributed by atoms with Crippen molar-refractivity contribution in [3.8, 4) is 0 Å². The summed E-state index contributed by atoms with van der Waals surface area (Å²) in [6, 6.07) is -4.56. The first kappa shape index (κ1) is 30.0. The van der Waals surface area contributed by atoms with Crippen LogP contribution in [-0.2, 0) is 19.2 Å². The molecule has 0 rings (SSSR count). The van der Waals surface area contributed by atoms with Crippen molar-refractivity contribution in [2.75, 3.05) is 13.1 Å². The average molecular weight is 475 g/mol. The van der Waals surface area contributed by atoms with Gasteiger partial charge in [-0.15, -0.1) is 0 Å². The van der Waals surface area contributed by atoms with Crippen molar-refractivity contribution in [3.05, 3.63) is 0 Å². The Hall–Kier alpha value is -2.97. The second-order valence-corrected chi connectivity index (χ2v) is 7.70. The first-order valence-corrected chi connectivity index (χ1v) is 10.7. The Balaban J connectivity index is 5.14. The van der Waals surface area contributed by atoms with E-state index in [0.717, 1.165) is 0 Å². The van der Waals surface area contributed by atoms with Gasteiger partial charge in [0.25, 0.3) is 0 Å². The molecule has 0 saturated heterocycles. The summed E-state index contributed by atoms with van der Waals surface area (Å²) in [4.78, 5) is 52.4. The molecule has 14 heteroatoms. The van der Waals surface area contributed by atoms with Gasteiger partial charge in [0.2, 0.25) is 17.7 Å². The van der Waals surface area contributed by atoms with Gasteiger partial charge in [0.1, 0.15) is 12.1 Å². The van der Waals surface area contributed by atoms with Crippen LogP contribution in [0.5, 0.6) is 0 Å². The highest BCUT2D eigenvalue weighted by Gasteiger charge is 2.29. The smallest absolute Gasteiger partial charge is 0.328 e. The molecule has 0 aromatic heterocycles. The first-order valence-electron chi connectivity index (χ1n) is 10.7. The molecule has 0 radical (unpaired) electrons. The summed E-state index contributed by atoms with van der Waals surface area (Å²) < 4.78 is 0. The molecule has 0 heterocycles. The Morgan fingerprint density at radius 1 is 0.909 bits per heavy atom. The fourth-order valence-electron chi connectivity index (χ4n) is 2.74. The fraction of sp³-hybridized carbons (Fsp3) is 0.737. The van der Waals surface area contributed by atoms with Gasteiger partial charge in [0.15, 0.2) is 12.0 Å². The lowest BCUT2D eigenvalue weighted by Crippen LogP contribution is -2.57. The first-order chi connectivity index (χ1) is 15.4. The van der Waals surface area contributed by atoms with Gasteiger partial charge in [-0.1, -0.05) is 6.42 Å². The van der Waals surface area contributed by atoms with Crippen molar-refractivity contribution in [2.24, 2.45) is 27.9 Å². The number of carboxylic acid groups (broad SMARTS) is 1. The van der Waals surface area contributed by atoms with Crippen molar-refractivity contribution in [2.45, 2.75) is 76.2 Å². The van der Waals surface area contributed by atoms with Crippen LogP contribution < -0.4 is 38.9 Å². The number of aliphatic hydroxyl groups excluding tert-OH is 1. The number of amides is 3. The number of aliphatic imine (C=N–C) groups is 1. The third kappa shape index (κ3) is 12.6. The summed E-state index contributed by atoms with van der Waals surface area (Å²) in [5, 5.41) is 25.7. The number of carbonyl (C=O) groups excluding carboxylic acids is 3. The Kier molecular flexibility index (Phi) is 14.4. The molecule has 5 unspecified atom stereocenters. The third-order valence-corrected chi connectivity index (χ3v) is 4.68. The number of rotatable bonds is 16. The van der Waals surface area contributed by atoms with E-state index in [2.05, 4.69) is 20.9 Å². The van der Waals surface area contributed by atoms with E-state index < -0.39 is 54.0 Å². The van der Waals surface area contributed by atoms with E-state index >= 15 is 0 Å². The molecule has 0 bridgehead atoms. The number of hydrogen-bond acceptors (Lipinski definition) is 8. The highest BCUT2D eigenvalue weighted by Crippen LogP contribution is 2.04. The minimum atomic E-state index is -1.54. The number of nitrogens with one attached hydrogen (secondary N) is 3. The van der Waals surface area contributed by atoms with Crippen molar-refractivity contribution in [3.63, 3.8) is 0 Å². The number of nitrogens with zero attached hydrogens (tertiary/aromatic N) is 1. The molecule has 0 fully saturated rings. The maximum Gasteiger partial charge on any atom is 0.328 e. The fourth-order valence-corrected chi connectivity index (χ4v) is 2.74. The number of guanidine groups is 1. The predicted molar refractivity (Wildman–Crippen MR) is 122 cm³/mol. The predicted octanol–water partition coefficient (Wildman–Crippen LogP) is -3.56. The summed E-state index contributed by atoms with van der Waals surface area (Å²) in [7, 11) is 0. The Morgan fingerprint density at radius 2 is 1.55 bits per heavy atom. The third-order valence-electron chi connectivity index (χ3n) is 4.68. The average Bonchev–Trinajstić information content (AvgIpc) is 2.72. The van der Waals surface area contributed by atoms with Crippen LogP contribution in [0.25, 0.3) is 0 Å². The second-order valence-electron chi connectivity index (χ2n) is 7.70. The molecule has 0 aliphatic heterocycles. The standard InChI is InChI=1S/C19H38N8O6/c1-10(15(29)27-14(11(2)28)18(32)33)25-17(31)13(7-5-9-24-19(22)23)26-16(30)12(21)6-3-4-8-20/h10-14,28H,3-9,20-21H2,1-2H3,(H,25,31)(H,26,30)(H,27,29)(H,32,33)(H4,22,23,24). The van der Waals surface area contributed by atoms with Crippen LogP contribution in [0.3, 0.4) is 0 Å². The van der Waals surface area contributed by atoms with E-state index in [1.807, 2.05) is 0 Å². The molecule has 190 valence electrons. The highest BCUT2D eigenvalue weighted by atomic mass is 16.4. The summed E-state index contributed by atoms with van der Waals surface area (Å²) >= 11 is 0. The Labute approximate surface area is 192 Å². The monoisotopic (exact) mass is 474 g/mol. The molecule has 0 saturated carbocycles. The van der Waals surface area contributed by atoms with Gasteiger partial charge in [-0.25, -0.2) is 4.79 Å². The molecule has 5 atom stereocenters. The van der Waals surface area contributed by atoms with Crippen LogP contribution in [0.4, 0.5) is 0 Å². The van der Waals surface area contributed by atoms with Gasteiger partial charge in [0.05, 0.1) is 12.1 Å². The largest absolute Gasteiger partial charge is 0.480 e. The number of carboxylic acids is 1. The van der Waals surface area contributed by atoms with E-state index in [1.54, 1.807) is 0 Å². The van der Waals surface area contributed by atoms with E-state index in [9.17, 15) is 24.3 Å². The number of hydrogen-bond donors (Lipinski definition) is 9. The normalized spacial score (nSPS) is 15.3. The van der Waals surface area contributed by atoms with Gasteiger partial charge >= 0.3 is 5.97 Å². The molecular formula is C19H38N8O6. The molecule has 0 aliphatic carbocycles. The Morgan fingerprint density at radius 3 is 2.06 bits per heavy atom. The zero-order valence-corrected chi connectivity index (χ0v) is 19.1. The minimum Gasteiger partial charge on any atom is -0.480 e. The number of nitrogens with two attached hydrogens (primary N) is 4. The van der Waals surface area contributed by atoms with E-state index in [-0.39, 0.29) is 18.9 Å². The van der Waals surface area contributed by atoms with E-state index in [0.29, 0.717) is 32.2 Å². The van der Waals surface area contributed by atoms with Crippen molar-refractivity contribution < 1.29 is 29.4 Å². The van der Waals surface area contributed by atoms with Crippen molar-refractivity contribution >= 4 is 29.7 Å². The van der Waals surface area contributed by atoms with E-state index in [1.165, 1.54) is 13.8 Å². The summed E-state index contributed by atoms with van der Waals surface area (Å²) in [5.74, 6) is -3.57. The molecule has 0 aromatic rings. The zero-order valence-electron chi connectivity index (χ0n) is 19.1. The molecule has 14 nitrogen and oxygen atoms in total. The molecule has 3 amide bonds. The lowest BCUT2D eigenvalue weighted by atomic mass is 10.1. The maximum atomic E-state index is 12.7. The molecule has 0 aromatic carbocycles. The summed E-state index contributed by atoms with van der Waals surface area (Å²) in [6.07, 6.45) is 0.904. The van der Waals surface area contributed by atoms with Crippen LogP contribution in [0.15, 0.2) is 4.99 Å². The van der Waals surface area contributed by atoms with Crippen LogP contribution in [-0.4, -0.2) is 83.2 Å². The SMILES string of the molecule is CC(NC(=O)C(CCCN=C(N)N)NC(=O)C(N)CCCCN)C(=O)NC(C(=O)O)C(C)O. The topological polar surface area (TPSA) is 261 Å².